The van der Waals surface area contributed by atoms with Gasteiger partial charge in [-0.3, -0.25) is 9.59 Å². The molecule has 0 spiro atoms. The van der Waals surface area contributed by atoms with Gasteiger partial charge in [0.25, 0.3) is 5.91 Å². The van der Waals surface area contributed by atoms with E-state index < -0.39 is 11.6 Å². The predicted octanol–water partition coefficient (Wildman–Crippen LogP) is 3.39. The molecule has 5 nitrogen and oxygen atoms in total. The first kappa shape index (κ1) is 22.2. The molecule has 0 saturated carbocycles. The minimum absolute atomic E-state index is 0. The summed E-state index contributed by atoms with van der Waals surface area (Å²) in [5, 5.41) is 6.27. The lowest BCUT2D eigenvalue weighted by Crippen LogP contribution is -2.50. The summed E-state index contributed by atoms with van der Waals surface area (Å²) in [5.41, 5.74) is 1.86. The molecule has 2 unspecified atom stereocenters. The fourth-order valence-electron chi connectivity index (χ4n) is 4.14. The fourth-order valence-corrected chi connectivity index (χ4v) is 4.14. The zero-order valence-corrected chi connectivity index (χ0v) is 17.2. The van der Waals surface area contributed by atoms with Gasteiger partial charge in [0, 0.05) is 42.7 Å². The summed E-state index contributed by atoms with van der Waals surface area (Å²) < 4.78 is 27.0. The van der Waals surface area contributed by atoms with E-state index in [1.54, 1.807) is 29.2 Å². The van der Waals surface area contributed by atoms with Crippen LogP contribution in [0.25, 0.3) is 0 Å². The minimum Gasteiger partial charge on any atom is -0.347 e. The van der Waals surface area contributed by atoms with Gasteiger partial charge in [-0.05, 0) is 55.3 Å². The van der Waals surface area contributed by atoms with Crippen LogP contribution in [0.3, 0.4) is 0 Å². The number of halogens is 3. The van der Waals surface area contributed by atoms with Gasteiger partial charge in [-0.1, -0.05) is 12.1 Å². The lowest BCUT2D eigenvalue weighted by atomic mass is 9.85. The first-order chi connectivity index (χ1) is 14.0. The summed E-state index contributed by atoms with van der Waals surface area (Å²) in [4.78, 5) is 26.6. The molecule has 2 aliphatic rings. The maximum atomic E-state index is 13.7. The normalized spacial score (nSPS) is 21.3. The molecule has 2 aromatic carbocycles. The van der Waals surface area contributed by atoms with Crippen molar-refractivity contribution in [3.8, 4) is 0 Å². The zero-order valence-electron chi connectivity index (χ0n) is 16.4. The Morgan fingerprint density at radius 3 is 2.70 bits per heavy atom. The van der Waals surface area contributed by atoms with Crippen LogP contribution in [-0.2, 0) is 4.79 Å². The number of piperidine rings is 1. The highest BCUT2D eigenvalue weighted by Gasteiger charge is 2.29. The molecule has 2 amide bonds. The summed E-state index contributed by atoms with van der Waals surface area (Å²) in [6, 6.07) is 10.7. The van der Waals surface area contributed by atoms with Crippen molar-refractivity contribution in [2.75, 3.05) is 24.5 Å². The Morgan fingerprint density at radius 2 is 1.97 bits per heavy atom. The van der Waals surface area contributed by atoms with Crippen molar-refractivity contribution in [3.63, 3.8) is 0 Å². The van der Waals surface area contributed by atoms with Gasteiger partial charge in [0.05, 0.1) is 0 Å². The number of hydrogen-bond acceptors (Lipinski definition) is 3. The number of anilines is 1. The van der Waals surface area contributed by atoms with Crippen LogP contribution in [0.2, 0.25) is 0 Å². The van der Waals surface area contributed by atoms with Crippen LogP contribution in [0.4, 0.5) is 14.5 Å². The van der Waals surface area contributed by atoms with Gasteiger partial charge in [-0.15, -0.1) is 12.4 Å². The van der Waals surface area contributed by atoms with E-state index in [0.717, 1.165) is 24.7 Å². The number of benzene rings is 2. The Labute approximate surface area is 180 Å². The summed E-state index contributed by atoms with van der Waals surface area (Å²) in [6.07, 6.45) is 2.05. The van der Waals surface area contributed by atoms with Crippen molar-refractivity contribution < 1.29 is 18.4 Å². The molecule has 160 valence electrons. The van der Waals surface area contributed by atoms with Crippen molar-refractivity contribution in [2.24, 2.45) is 0 Å². The second kappa shape index (κ2) is 9.53. The average molecular weight is 436 g/mol. The second-order valence-electron chi connectivity index (χ2n) is 7.55. The van der Waals surface area contributed by atoms with Gasteiger partial charge in [0.15, 0.2) is 11.6 Å². The van der Waals surface area contributed by atoms with Crippen LogP contribution >= 0.6 is 12.4 Å². The van der Waals surface area contributed by atoms with E-state index in [1.165, 1.54) is 6.07 Å². The molecule has 2 fully saturated rings. The van der Waals surface area contributed by atoms with Crippen LogP contribution in [0.1, 0.15) is 41.1 Å². The van der Waals surface area contributed by atoms with Crippen molar-refractivity contribution in [1.82, 2.24) is 10.6 Å². The van der Waals surface area contributed by atoms with Crippen LogP contribution in [0.5, 0.6) is 0 Å². The van der Waals surface area contributed by atoms with Crippen molar-refractivity contribution in [2.45, 2.75) is 31.2 Å². The Balaban J connectivity index is 0.00000256. The smallest absolute Gasteiger partial charge is 0.251 e. The molecule has 4 rings (SSSR count). The molecule has 30 heavy (non-hydrogen) atoms. The van der Waals surface area contributed by atoms with Crippen LogP contribution in [-0.4, -0.2) is 37.5 Å². The van der Waals surface area contributed by atoms with E-state index in [9.17, 15) is 18.4 Å². The highest BCUT2D eigenvalue weighted by molar-refractivity contribution is 5.99. The number of hydrogen-bond donors (Lipinski definition) is 2. The van der Waals surface area contributed by atoms with Crippen molar-refractivity contribution in [3.05, 3.63) is 65.2 Å². The second-order valence-corrected chi connectivity index (χ2v) is 7.55. The van der Waals surface area contributed by atoms with Gasteiger partial charge in [0.2, 0.25) is 5.91 Å². The molecule has 0 aliphatic carbocycles. The van der Waals surface area contributed by atoms with Gasteiger partial charge >= 0.3 is 0 Å². The summed E-state index contributed by atoms with van der Waals surface area (Å²) in [7, 11) is 0. The Hall–Kier alpha value is -2.51. The Morgan fingerprint density at radius 1 is 1.13 bits per heavy atom. The van der Waals surface area contributed by atoms with E-state index in [4.69, 9.17) is 0 Å². The largest absolute Gasteiger partial charge is 0.347 e. The van der Waals surface area contributed by atoms with E-state index in [2.05, 4.69) is 10.6 Å². The quantitative estimate of drug-likeness (QED) is 0.774. The van der Waals surface area contributed by atoms with Crippen molar-refractivity contribution in [1.29, 1.82) is 0 Å². The third-order valence-corrected chi connectivity index (χ3v) is 5.66. The molecule has 8 heteroatoms. The Bertz CT molecular complexity index is 940. The molecule has 2 saturated heterocycles. The molecule has 2 aliphatic heterocycles. The number of nitrogens with one attached hydrogen (secondary N) is 2. The topological polar surface area (TPSA) is 61.4 Å². The summed E-state index contributed by atoms with van der Waals surface area (Å²) in [6.45, 7) is 1.94. The zero-order chi connectivity index (χ0) is 20.4. The summed E-state index contributed by atoms with van der Waals surface area (Å²) in [5.74, 6) is -2.05. The molecular weight excluding hydrogens is 412 g/mol. The molecule has 2 N–H and O–H groups in total. The van der Waals surface area contributed by atoms with Gasteiger partial charge < -0.3 is 15.5 Å². The van der Waals surface area contributed by atoms with Crippen LogP contribution < -0.4 is 15.5 Å². The lowest BCUT2D eigenvalue weighted by molar-refractivity contribution is -0.117. The Kier molecular flexibility index (Phi) is 7.05. The molecule has 0 bridgehead atoms. The number of amides is 2. The third kappa shape index (κ3) is 4.63. The van der Waals surface area contributed by atoms with E-state index in [1.807, 2.05) is 6.07 Å². The van der Waals surface area contributed by atoms with E-state index >= 15 is 0 Å². The number of carbonyl (C=O) groups excluding carboxylic acids is 2. The van der Waals surface area contributed by atoms with Gasteiger partial charge in [0.1, 0.15) is 0 Å². The third-order valence-electron chi connectivity index (χ3n) is 5.66. The average Bonchev–Trinajstić information content (AvgIpc) is 3.16. The first-order valence-corrected chi connectivity index (χ1v) is 9.90. The number of nitrogens with zero attached hydrogens (tertiary/aromatic N) is 1. The number of carbonyl (C=O) groups is 2. The molecule has 2 aromatic rings. The van der Waals surface area contributed by atoms with E-state index in [0.29, 0.717) is 37.1 Å². The van der Waals surface area contributed by atoms with Crippen LogP contribution in [0.15, 0.2) is 42.5 Å². The van der Waals surface area contributed by atoms with Crippen molar-refractivity contribution >= 4 is 29.9 Å². The monoisotopic (exact) mass is 435 g/mol. The fraction of sp³-hybridized carbons (Fsp3) is 0.364. The highest BCUT2D eigenvalue weighted by Crippen LogP contribution is 2.28. The number of rotatable bonds is 4. The SMILES string of the molecule is Cl.O=C(NC1CNCCC1c1ccc(F)c(F)c1)c1cccc(N2CCCC2=O)c1. The first-order valence-electron chi connectivity index (χ1n) is 9.90. The standard InChI is InChI=1S/C22H23F2N3O2.ClH/c23-18-7-6-14(12-19(18)24)17-8-9-25-13-20(17)26-22(29)15-3-1-4-16(11-15)27-10-2-5-21(27)28;/h1,3-4,6-7,11-12,17,20,25H,2,5,8-10,13H2,(H,26,29);1H. The summed E-state index contributed by atoms with van der Waals surface area (Å²) >= 11 is 0. The molecule has 2 atom stereocenters. The minimum atomic E-state index is -0.880. The van der Waals surface area contributed by atoms with Gasteiger partial charge in [-0.25, -0.2) is 8.78 Å². The molecule has 2 heterocycles. The maximum absolute atomic E-state index is 13.7. The van der Waals surface area contributed by atoms with E-state index in [-0.39, 0.29) is 36.2 Å². The molecule has 0 radical (unpaired) electrons. The molecule has 0 aromatic heterocycles. The predicted molar refractivity (Wildman–Crippen MR) is 113 cm³/mol. The maximum Gasteiger partial charge on any atom is 0.251 e. The van der Waals surface area contributed by atoms with Gasteiger partial charge in [-0.2, -0.15) is 0 Å². The lowest BCUT2D eigenvalue weighted by Gasteiger charge is -2.33. The van der Waals surface area contributed by atoms with Crippen LogP contribution in [0, 0.1) is 11.6 Å². The highest BCUT2D eigenvalue weighted by atomic mass is 35.5. The molecular formula is C22H24ClF2N3O2.